The van der Waals surface area contributed by atoms with Crippen LogP contribution in [0.1, 0.15) is 13.3 Å². The molecular weight excluding hydrogens is 321 g/mol. The number of nitrogens with one attached hydrogen (secondary N) is 1. The molecule has 0 saturated heterocycles. The first-order chi connectivity index (χ1) is 10.0. The molecule has 0 amide bonds. The average Bonchev–Trinajstić information content (AvgIpc) is 2.45. The number of benzene rings is 1. The number of halogens is 4. The molecule has 0 spiro atoms. The van der Waals surface area contributed by atoms with Crippen molar-refractivity contribution in [1.82, 2.24) is 4.98 Å². The van der Waals surface area contributed by atoms with E-state index < -0.39 is 11.6 Å². The van der Waals surface area contributed by atoms with Crippen molar-refractivity contribution in [2.24, 2.45) is 0 Å². The van der Waals surface area contributed by atoms with Gasteiger partial charge in [0.2, 0.25) is 0 Å². The van der Waals surface area contributed by atoms with Crippen molar-refractivity contribution in [3.8, 4) is 11.6 Å². The van der Waals surface area contributed by atoms with Crippen molar-refractivity contribution in [1.29, 1.82) is 0 Å². The van der Waals surface area contributed by atoms with E-state index >= 15 is 0 Å². The minimum absolute atomic E-state index is 0.0774. The van der Waals surface area contributed by atoms with E-state index in [1.165, 1.54) is 6.07 Å². The van der Waals surface area contributed by atoms with Crippen molar-refractivity contribution in [2.75, 3.05) is 11.9 Å². The quantitative estimate of drug-likeness (QED) is 0.808. The van der Waals surface area contributed by atoms with Crippen LogP contribution in [-0.2, 0) is 0 Å². The highest BCUT2D eigenvalue weighted by Crippen LogP contribution is 2.35. The highest BCUT2D eigenvalue weighted by molar-refractivity contribution is 6.42. The molecule has 0 aliphatic carbocycles. The van der Waals surface area contributed by atoms with Crippen LogP contribution < -0.4 is 10.1 Å². The first-order valence-electron chi connectivity index (χ1n) is 6.24. The molecule has 3 nitrogen and oxygen atoms in total. The van der Waals surface area contributed by atoms with Gasteiger partial charge in [-0.05, 0) is 18.6 Å². The van der Waals surface area contributed by atoms with Crippen LogP contribution in [0.2, 0.25) is 10.0 Å². The lowest BCUT2D eigenvalue weighted by Gasteiger charge is -2.11. The number of anilines is 1. The number of ether oxygens (including phenoxy) is 1. The Morgan fingerprint density at radius 2 is 2.00 bits per heavy atom. The first-order valence-corrected chi connectivity index (χ1v) is 7.00. The number of rotatable bonds is 5. The molecule has 0 aliphatic rings. The SMILES string of the molecule is CCCNc1nc(Oc2cccc(Cl)c2Cl)c(F)cc1F. The molecule has 2 rings (SSSR count). The van der Waals surface area contributed by atoms with Crippen LogP contribution in [0.3, 0.4) is 0 Å². The minimum Gasteiger partial charge on any atom is -0.435 e. The Morgan fingerprint density at radius 1 is 1.24 bits per heavy atom. The monoisotopic (exact) mass is 332 g/mol. The van der Waals surface area contributed by atoms with Gasteiger partial charge in [-0.1, -0.05) is 36.2 Å². The summed E-state index contributed by atoms with van der Waals surface area (Å²) in [5.41, 5.74) is 0. The van der Waals surface area contributed by atoms with E-state index in [1.54, 1.807) is 12.1 Å². The Bertz CT molecular complexity index is 653. The van der Waals surface area contributed by atoms with Gasteiger partial charge in [-0.3, -0.25) is 0 Å². The lowest BCUT2D eigenvalue weighted by molar-refractivity contribution is 0.418. The zero-order chi connectivity index (χ0) is 15.4. The number of pyridine rings is 1. The third kappa shape index (κ3) is 3.74. The normalized spacial score (nSPS) is 10.5. The van der Waals surface area contributed by atoms with E-state index in [1.807, 2.05) is 6.92 Å². The topological polar surface area (TPSA) is 34.2 Å². The number of aromatic nitrogens is 1. The summed E-state index contributed by atoms with van der Waals surface area (Å²) in [7, 11) is 0. The molecule has 1 aromatic heterocycles. The maximum Gasteiger partial charge on any atom is 0.258 e. The lowest BCUT2D eigenvalue weighted by Crippen LogP contribution is -2.06. The van der Waals surface area contributed by atoms with Crippen LogP contribution in [0, 0.1) is 11.6 Å². The van der Waals surface area contributed by atoms with Crippen molar-refractivity contribution in [3.05, 3.63) is 45.9 Å². The fourth-order valence-corrected chi connectivity index (χ4v) is 1.89. The number of hydrogen-bond acceptors (Lipinski definition) is 3. The molecule has 0 fully saturated rings. The van der Waals surface area contributed by atoms with Gasteiger partial charge in [0, 0.05) is 12.6 Å². The van der Waals surface area contributed by atoms with Gasteiger partial charge in [0.25, 0.3) is 5.88 Å². The lowest BCUT2D eigenvalue weighted by atomic mass is 10.3. The molecule has 1 N–H and O–H groups in total. The van der Waals surface area contributed by atoms with Crippen LogP contribution in [-0.4, -0.2) is 11.5 Å². The third-order valence-corrected chi connectivity index (χ3v) is 3.36. The Kier molecular flexibility index (Phi) is 5.20. The zero-order valence-electron chi connectivity index (χ0n) is 11.1. The fraction of sp³-hybridized carbons (Fsp3) is 0.214. The van der Waals surface area contributed by atoms with E-state index in [9.17, 15) is 8.78 Å². The molecule has 2 aromatic rings. The summed E-state index contributed by atoms with van der Waals surface area (Å²) in [6, 6.07) is 5.39. The minimum atomic E-state index is -0.925. The van der Waals surface area contributed by atoms with Gasteiger partial charge in [-0.15, -0.1) is 0 Å². The summed E-state index contributed by atoms with van der Waals surface area (Å²) < 4.78 is 32.6. The van der Waals surface area contributed by atoms with Crippen molar-refractivity contribution < 1.29 is 13.5 Å². The van der Waals surface area contributed by atoms with Crippen LogP contribution in [0.5, 0.6) is 11.6 Å². The second-order valence-electron chi connectivity index (χ2n) is 4.19. The summed E-state index contributed by atoms with van der Waals surface area (Å²) in [6.45, 7) is 2.42. The Labute approximate surface area is 130 Å². The van der Waals surface area contributed by atoms with E-state index in [0.29, 0.717) is 12.6 Å². The summed E-state index contributed by atoms with van der Waals surface area (Å²) >= 11 is 11.8. The van der Waals surface area contributed by atoms with Gasteiger partial charge in [-0.2, -0.15) is 4.98 Å². The molecular formula is C14H12Cl2F2N2O. The van der Waals surface area contributed by atoms with Gasteiger partial charge in [-0.25, -0.2) is 8.78 Å². The van der Waals surface area contributed by atoms with Gasteiger partial charge in [0.05, 0.1) is 5.02 Å². The molecule has 1 heterocycles. The Balaban J connectivity index is 2.33. The summed E-state index contributed by atoms with van der Waals surface area (Å²) in [6.07, 6.45) is 0.773. The predicted octanol–water partition coefficient (Wildman–Crippen LogP) is 5.28. The maximum atomic E-state index is 13.7. The molecule has 0 unspecified atom stereocenters. The van der Waals surface area contributed by atoms with Crippen molar-refractivity contribution in [3.63, 3.8) is 0 Å². The molecule has 7 heteroatoms. The van der Waals surface area contributed by atoms with E-state index in [4.69, 9.17) is 27.9 Å². The summed E-state index contributed by atoms with van der Waals surface area (Å²) in [5, 5.41) is 3.15. The van der Waals surface area contributed by atoms with Gasteiger partial charge in [0.1, 0.15) is 10.8 Å². The number of nitrogens with zero attached hydrogens (tertiary/aromatic N) is 1. The van der Waals surface area contributed by atoms with Crippen LogP contribution in [0.25, 0.3) is 0 Å². The van der Waals surface area contributed by atoms with Crippen LogP contribution >= 0.6 is 23.2 Å². The standard InChI is InChI=1S/C14H12Cl2F2N2O/c1-2-6-19-13-9(17)7-10(18)14(20-13)21-11-5-3-4-8(15)12(11)16/h3-5,7H,2,6H2,1H3,(H,19,20). The van der Waals surface area contributed by atoms with E-state index in [0.717, 1.165) is 6.42 Å². The zero-order valence-corrected chi connectivity index (χ0v) is 12.6. The summed E-state index contributed by atoms with van der Waals surface area (Å²) in [5.74, 6) is -2.02. The molecule has 0 radical (unpaired) electrons. The largest absolute Gasteiger partial charge is 0.435 e. The predicted molar refractivity (Wildman–Crippen MR) is 79.5 cm³/mol. The maximum absolute atomic E-state index is 13.7. The van der Waals surface area contributed by atoms with Gasteiger partial charge >= 0.3 is 0 Å². The molecule has 0 saturated carbocycles. The molecule has 0 atom stereocenters. The molecule has 0 aliphatic heterocycles. The Hall–Kier alpha value is -1.59. The van der Waals surface area contributed by atoms with Crippen molar-refractivity contribution in [2.45, 2.75) is 13.3 Å². The van der Waals surface area contributed by atoms with Gasteiger partial charge < -0.3 is 10.1 Å². The number of hydrogen-bond donors (Lipinski definition) is 1. The second kappa shape index (κ2) is 6.91. The van der Waals surface area contributed by atoms with E-state index in [-0.39, 0.29) is 27.5 Å². The second-order valence-corrected chi connectivity index (χ2v) is 4.97. The first kappa shape index (κ1) is 15.8. The van der Waals surface area contributed by atoms with Gasteiger partial charge in [0.15, 0.2) is 17.5 Å². The third-order valence-electron chi connectivity index (χ3n) is 2.56. The highest BCUT2D eigenvalue weighted by atomic mass is 35.5. The van der Waals surface area contributed by atoms with E-state index in [2.05, 4.69) is 10.3 Å². The van der Waals surface area contributed by atoms with Crippen molar-refractivity contribution >= 4 is 29.0 Å². The highest BCUT2D eigenvalue weighted by Gasteiger charge is 2.15. The van der Waals surface area contributed by atoms with Crippen LogP contribution in [0.15, 0.2) is 24.3 Å². The summed E-state index contributed by atoms with van der Waals surface area (Å²) in [4.78, 5) is 3.79. The molecule has 112 valence electrons. The molecule has 21 heavy (non-hydrogen) atoms. The molecule has 1 aromatic carbocycles. The Morgan fingerprint density at radius 3 is 2.71 bits per heavy atom. The smallest absolute Gasteiger partial charge is 0.258 e. The fourth-order valence-electron chi connectivity index (χ4n) is 1.56. The van der Waals surface area contributed by atoms with Crippen LogP contribution in [0.4, 0.5) is 14.6 Å². The average molecular weight is 333 g/mol. The molecule has 0 bridgehead atoms.